The first-order valence-electron chi connectivity index (χ1n) is 8.61. The standard InChI is InChI=1S/C19H17N5O3/c25-18(13-3-5-15(6-4-13)22-19(26)14-1-2-14)21-11-16-23-17(24-27-16)12-7-9-20-10-8-12/h3-10,14H,1-2,11H2,(H,21,25)(H,22,26). The lowest BCUT2D eigenvalue weighted by atomic mass is 10.2. The molecule has 0 unspecified atom stereocenters. The lowest BCUT2D eigenvalue weighted by molar-refractivity contribution is -0.117. The van der Waals surface area contributed by atoms with Gasteiger partial charge >= 0.3 is 0 Å². The minimum absolute atomic E-state index is 0.0357. The molecule has 1 aliphatic carbocycles. The fourth-order valence-electron chi connectivity index (χ4n) is 2.50. The van der Waals surface area contributed by atoms with Gasteiger partial charge in [0.25, 0.3) is 5.91 Å². The number of anilines is 1. The van der Waals surface area contributed by atoms with Gasteiger partial charge in [-0.2, -0.15) is 4.98 Å². The number of hydrogen-bond acceptors (Lipinski definition) is 6. The maximum Gasteiger partial charge on any atom is 0.251 e. The number of amides is 2. The summed E-state index contributed by atoms with van der Waals surface area (Å²) in [5.41, 5.74) is 1.95. The van der Waals surface area contributed by atoms with Crippen molar-refractivity contribution >= 4 is 17.5 Å². The average molecular weight is 363 g/mol. The number of pyridine rings is 1. The van der Waals surface area contributed by atoms with Gasteiger partial charge in [0.05, 0.1) is 6.54 Å². The molecule has 3 aromatic rings. The van der Waals surface area contributed by atoms with Crippen LogP contribution >= 0.6 is 0 Å². The summed E-state index contributed by atoms with van der Waals surface area (Å²) >= 11 is 0. The van der Waals surface area contributed by atoms with Gasteiger partial charge in [-0.05, 0) is 49.2 Å². The zero-order valence-electron chi connectivity index (χ0n) is 14.4. The van der Waals surface area contributed by atoms with Crippen LogP contribution in [0.5, 0.6) is 0 Å². The number of hydrogen-bond donors (Lipinski definition) is 2. The Kier molecular flexibility index (Phi) is 4.61. The summed E-state index contributed by atoms with van der Waals surface area (Å²) in [6.07, 6.45) is 5.18. The van der Waals surface area contributed by atoms with Crippen LogP contribution in [0.2, 0.25) is 0 Å². The predicted octanol–water partition coefficient (Wildman–Crippen LogP) is 2.41. The van der Waals surface area contributed by atoms with Crippen LogP contribution in [0.1, 0.15) is 29.1 Å². The lowest BCUT2D eigenvalue weighted by Gasteiger charge is -2.06. The van der Waals surface area contributed by atoms with E-state index in [1.54, 1.807) is 48.8 Å². The topological polar surface area (TPSA) is 110 Å². The van der Waals surface area contributed by atoms with Crippen LogP contribution in [0.4, 0.5) is 5.69 Å². The predicted molar refractivity (Wildman–Crippen MR) is 96.5 cm³/mol. The third-order valence-corrected chi connectivity index (χ3v) is 4.17. The van der Waals surface area contributed by atoms with Crippen LogP contribution in [-0.4, -0.2) is 26.9 Å². The molecule has 2 heterocycles. The van der Waals surface area contributed by atoms with Crippen molar-refractivity contribution in [2.45, 2.75) is 19.4 Å². The number of aromatic nitrogens is 3. The van der Waals surface area contributed by atoms with E-state index in [2.05, 4.69) is 25.8 Å². The molecule has 1 aromatic carbocycles. The second-order valence-corrected chi connectivity index (χ2v) is 6.27. The average Bonchev–Trinajstić information content (AvgIpc) is 3.46. The van der Waals surface area contributed by atoms with Crippen LogP contribution in [0.3, 0.4) is 0 Å². The SMILES string of the molecule is O=C(NCc1nc(-c2ccncc2)no1)c1ccc(NC(=O)C2CC2)cc1. The summed E-state index contributed by atoms with van der Waals surface area (Å²) in [7, 11) is 0. The third-order valence-electron chi connectivity index (χ3n) is 4.17. The number of rotatable bonds is 6. The van der Waals surface area contributed by atoms with Gasteiger partial charge in [0, 0.05) is 35.1 Å². The van der Waals surface area contributed by atoms with E-state index in [1.165, 1.54) is 0 Å². The number of benzene rings is 1. The molecule has 1 aliphatic rings. The minimum atomic E-state index is -0.265. The summed E-state index contributed by atoms with van der Waals surface area (Å²) in [6, 6.07) is 10.3. The van der Waals surface area contributed by atoms with Gasteiger partial charge in [-0.25, -0.2) is 0 Å². The smallest absolute Gasteiger partial charge is 0.251 e. The van der Waals surface area contributed by atoms with Crippen LogP contribution in [0.15, 0.2) is 53.3 Å². The van der Waals surface area contributed by atoms with E-state index in [0.717, 1.165) is 18.4 Å². The first-order chi connectivity index (χ1) is 13.2. The van der Waals surface area contributed by atoms with Crippen molar-refractivity contribution in [2.24, 2.45) is 5.92 Å². The maximum absolute atomic E-state index is 12.2. The van der Waals surface area contributed by atoms with E-state index in [9.17, 15) is 9.59 Å². The van der Waals surface area contributed by atoms with Crippen LogP contribution in [-0.2, 0) is 11.3 Å². The number of carbonyl (C=O) groups is 2. The van der Waals surface area contributed by atoms with Crippen LogP contribution in [0.25, 0.3) is 11.4 Å². The fraction of sp³-hybridized carbons (Fsp3) is 0.211. The number of carbonyl (C=O) groups excluding carboxylic acids is 2. The van der Waals surface area contributed by atoms with E-state index in [4.69, 9.17) is 4.52 Å². The van der Waals surface area contributed by atoms with Gasteiger partial charge in [-0.1, -0.05) is 5.16 Å². The Labute approximate surface area is 155 Å². The molecule has 8 heteroatoms. The molecule has 0 radical (unpaired) electrons. The Morgan fingerprint density at radius 2 is 1.81 bits per heavy atom. The van der Waals surface area contributed by atoms with E-state index in [1.807, 2.05) is 0 Å². The zero-order valence-corrected chi connectivity index (χ0v) is 14.4. The first kappa shape index (κ1) is 16.9. The van der Waals surface area contributed by atoms with E-state index >= 15 is 0 Å². The molecule has 1 fully saturated rings. The molecule has 0 atom stereocenters. The van der Waals surface area contributed by atoms with Crippen molar-refractivity contribution in [2.75, 3.05) is 5.32 Å². The Balaban J connectivity index is 1.32. The normalized spacial score (nSPS) is 13.2. The fourth-order valence-corrected chi connectivity index (χ4v) is 2.50. The Bertz CT molecular complexity index is 949. The van der Waals surface area contributed by atoms with E-state index in [0.29, 0.717) is 23.0 Å². The first-order valence-corrected chi connectivity index (χ1v) is 8.61. The van der Waals surface area contributed by atoms with Crippen molar-refractivity contribution in [3.8, 4) is 11.4 Å². The molecule has 8 nitrogen and oxygen atoms in total. The molecule has 0 bridgehead atoms. The maximum atomic E-state index is 12.2. The van der Waals surface area contributed by atoms with Crippen molar-refractivity contribution in [1.29, 1.82) is 0 Å². The number of nitrogens with one attached hydrogen (secondary N) is 2. The number of nitrogens with zero attached hydrogens (tertiary/aromatic N) is 3. The molecule has 2 aromatic heterocycles. The Hall–Kier alpha value is -3.55. The summed E-state index contributed by atoms with van der Waals surface area (Å²) in [5, 5.41) is 9.46. The van der Waals surface area contributed by atoms with Gasteiger partial charge in [-0.15, -0.1) is 0 Å². The van der Waals surface area contributed by atoms with Gasteiger partial charge in [-0.3, -0.25) is 14.6 Å². The quantitative estimate of drug-likeness (QED) is 0.696. The minimum Gasteiger partial charge on any atom is -0.343 e. The van der Waals surface area contributed by atoms with E-state index in [-0.39, 0.29) is 24.3 Å². The second kappa shape index (κ2) is 7.36. The molecule has 2 N–H and O–H groups in total. The molecule has 0 aliphatic heterocycles. The van der Waals surface area contributed by atoms with Gasteiger partial charge in [0.2, 0.25) is 17.6 Å². The highest BCUT2D eigenvalue weighted by Crippen LogP contribution is 2.30. The van der Waals surface area contributed by atoms with Gasteiger partial charge < -0.3 is 15.2 Å². The molecular weight excluding hydrogens is 346 g/mol. The highest BCUT2D eigenvalue weighted by atomic mass is 16.5. The van der Waals surface area contributed by atoms with E-state index < -0.39 is 0 Å². The summed E-state index contributed by atoms with van der Waals surface area (Å²) in [6.45, 7) is 0.122. The molecule has 0 spiro atoms. The summed E-state index contributed by atoms with van der Waals surface area (Å²) in [4.78, 5) is 32.2. The third kappa shape index (κ3) is 4.17. The second-order valence-electron chi connectivity index (χ2n) is 6.27. The molecule has 0 saturated heterocycles. The lowest BCUT2D eigenvalue weighted by Crippen LogP contribution is -2.23. The largest absolute Gasteiger partial charge is 0.343 e. The molecule has 4 rings (SSSR count). The zero-order chi connectivity index (χ0) is 18.6. The highest BCUT2D eigenvalue weighted by Gasteiger charge is 2.29. The van der Waals surface area contributed by atoms with Crippen LogP contribution in [0, 0.1) is 5.92 Å². The monoisotopic (exact) mass is 363 g/mol. The Morgan fingerprint density at radius 1 is 1.07 bits per heavy atom. The molecule has 27 heavy (non-hydrogen) atoms. The van der Waals surface area contributed by atoms with Crippen molar-refractivity contribution in [3.63, 3.8) is 0 Å². The van der Waals surface area contributed by atoms with Gasteiger partial charge in [0.15, 0.2) is 0 Å². The Morgan fingerprint density at radius 3 is 2.52 bits per heavy atom. The summed E-state index contributed by atoms with van der Waals surface area (Å²) < 4.78 is 5.15. The van der Waals surface area contributed by atoms with Crippen molar-refractivity contribution in [3.05, 3.63) is 60.2 Å². The summed E-state index contributed by atoms with van der Waals surface area (Å²) in [5.74, 6) is 0.660. The van der Waals surface area contributed by atoms with Gasteiger partial charge in [0.1, 0.15) is 0 Å². The molecule has 136 valence electrons. The molecular formula is C19H17N5O3. The molecule has 1 saturated carbocycles. The van der Waals surface area contributed by atoms with Crippen molar-refractivity contribution in [1.82, 2.24) is 20.4 Å². The van der Waals surface area contributed by atoms with Crippen LogP contribution < -0.4 is 10.6 Å². The highest BCUT2D eigenvalue weighted by molar-refractivity contribution is 5.96. The molecule has 2 amide bonds. The van der Waals surface area contributed by atoms with Crippen molar-refractivity contribution < 1.29 is 14.1 Å².